The molecule has 0 N–H and O–H groups in total. The Hall–Kier alpha value is -7.16. The Morgan fingerprint density at radius 2 is 0.982 bits per heavy atom. The molecule has 1 unspecified atom stereocenters. The van der Waals surface area contributed by atoms with Crippen LogP contribution < -0.4 is 9.64 Å². The first-order chi connectivity index (χ1) is 27.3. The van der Waals surface area contributed by atoms with Gasteiger partial charge in [0.05, 0.1) is 11.1 Å². The van der Waals surface area contributed by atoms with Gasteiger partial charge < -0.3 is 9.64 Å². The Balaban J connectivity index is 1.18. The third-order valence-corrected chi connectivity index (χ3v) is 11.5. The summed E-state index contributed by atoms with van der Waals surface area (Å²) >= 11 is 0. The molecule has 0 fully saturated rings. The molecule has 2 aliphatic rings. The van der Waals surface area contributed by atoms with Crippen molar-refractivity contribution < 1.29 is 4.74 Å². The normalized spacial score (nSPS) is 14.8. The van der Waals surface area contributed by atoms with Gasteiger partial charge in [0.1, 0.15) is 11.5 Å². The van der Waals surface area contributed by atoms with Crippen LogP contribution in [0.2, 0.25) is 0 Å². The molecule has 9 aromatic carbocycles. The van der Waals surface area contributed by atoms with Gasteiger partial charge in [0.15, 0.2) is 0 Å². The summed E-state index contributed by atoms with van der Waals surface area (Å²) in [6.07, 6.45) is 0. The highest BCUT2D eigenvalue weighted by Gasteiger charge is 2.51. The maximum absolute atomic E-state index is 6.94. The lowest BCUT2D eigenvalue weighted by atomic mass is 9.66. The van der Waals surface area contributed by atoms with Gasteiger partial charge in [0.25, 0.3) is 0 Å². The Kier molecular flexibility index (Phi) is 7.11. The number of hydrogen-bond acceptors (Lipinski definition) is 2. The zero-order chi connectivity index (χ0) is 36.3. The molecule has 0 radical (unpaired) electrons. The Labute approximate surface area is 321 Å². The van der Waals surface area contributed by atoms with E-state index in [1.54, 1.807) is 0 Å². The van der Waals surface area contributed by atoms with Gasteiger partial charge in [0, 0.05) is 28.1 Å². The fraction of sp³-hybridized carbons (Fsp3) is 0.0189. The lowest BCUT2D eigenvalue weighted by molar-refractivity contribution is 0.436. The van der Waals surface area contributed by atoms with Crippen LogP contribution in [0, 0.1) is 0 Å². The summed E-state index contributed by atoms with van der Waals surface area (Å²) in [7, 11) is 0. The van der Waals surface area contributed by atoms with Gasteiger partial charge in [-0.15, -0.1) is 0 Å². The van der Waals surface area contributed by atoms with Crippen molar-refractivity contribution in [2.75, 3.05) is 4.90 Å². The van der Waals surface area contributed by atoms with E-state index in [0.29, 0.717) is 0 Å². The minimum absolute atomic E-state index is 0.606. The number of hydrogen-bond donors (Lipinski definition) is 0. The van der Waals surface area contributed by atoms with Gasteiger partial charge in [0.2, 0.25) is 0 Å². The minimum Gasteiger partial charge on any atom is -0.457 e. The van der Waals surface area contributed by atoms with Crippen molar-refractivity contribution in [3.8, 4) is 44.9 Å². The van der Waals surface area contributed by atoms with Crippen LogP contribution in [0.25, 0.3) is 44.2 Å². The smallest absolute Gasteiger partial charge is 0.132 e. The van der Waals surface area contributed by atoms with E-state index >= 15 is 0 Å². The average Bonchev–Trinajstić information content (AvgIpc) is 3.54. The summed E-state index contributed by atoms with van der Waals surface area (Å²) in [6.45, 7) is 0. The minimum atomic E-state index is -0.606. The summed E-state index contributed by atoms with van der Waals surface area (Å²) in [4.78, 5) is 2.41. The SMILES string of the molecule is c1ccc(-c2ccccc2N(c2ccccc2)c2ccc3c(c2)C2(c4ccccc4Oc4cc(-c5cccc6ccccc56)ccc42)c2ccccc2-3)cc1. The van der Waals surface area contributed by atoms with Crippen LogP contribution in [0.4, 0.5) is 17.1 Å². The van der Waals surface area contributed by atoms with Crippen molar-refractivity contribution in [2.24, 2.45) is 0 Å². The molecule has 11 rings (SSSR count). The average molecular weight is 702 g/mol. The van der Waals surface area contributed by atoms with Gasteiger partial charge in [-0.1, -0.05) is 170 Å². The van der Waals surface area contributed by atoms with Crippen LogP contribution in [0.1, 0.15) is 22.3 Å². The van der Waals surface area contributed by atoms with Crippen LogP contribution in [0.3, 0.4) is 0 Å². The van der Waals surface area contributed by atoms with Crippen molar-refractivity contribution in [3.63, 3.8) is 0 Å². The molecular weight excluding hydrogens is 667 g/mol. The molecule has 2 nitrogen and oxygen atoms in total. The number of para-hydroxylation sites is 3. The largest absolute Gasteiger partial charge is 0.457 e. The zero-order valence-electron chi connectivity index (χ0n) is 30.1. The first-order valence-corrected chi connectivity index (χ1v) is 18.9. The third kappa shape index (κ3) is 4.75. The number of anilines is 3. The first kappa shape index (κ1) is 31.4. The van der Waals surface area contributed by atoms with E-state index < -0.39 is 5.41 Å². The van der Waals surface area contributed by atoms with E-state index in [1.807, 2.05) is 0 Å². The Bertz CT molecular complexity index is 2910. The predicted molar refractivity (Wildman–Crippen MR) is 227 cm³/mol. The molecular formula is C53H35NO. The number of rotatable bonds is 5. The van der Waals surface area contributed by atoms with Gasteiger partial charge in [-0.3, -0.25) is 0 Å². The van der Waals surface area contributed by atoms with E-state index in [2.05, 4.69) is 217 Å². The number of fused-ring (bicyclic) bond motifs is 10. The second-order valence-corrected chi connectivity index (χ2v) is 14.4. The summed E-state index contributed by atoms with van der Waals surface area (Å²) in [5, 5.41) is 2.46. The summed E-state index contributed by atoms with van der Waals surface area (Å²) in [5.41, 5.74) is 14.7. The quantitative estimate of drug-likeness (QED) is 0.177. The maximum atomic E-state index is 6.94. The second-order valence-electron chi connectivity index (χ2n) is 14.4. The molecule has 55 heavy (non-hydrogen) atoms. The molecule has 258 valence electrons. The molecule has 1 aliphatic carbocycles. The molecule has 1 aliphatic heterocycles. The van der Waals surface area contributed by atoms with Crippen molar-refractivity contribution >= 4 is 27.8 Å². The zero-order valence-corrected chi connectivity index (χ0v) is 30.1. The number of benzene rings is 9. The molecule has 0 bridgehead atoms. The van der Waals surface area contributed by atoms with Crippen LogP contribution >= 0.6 is 0 Å². The van der Waals surface area contributed by atoms with Gasteiger partial charge >= 0.3 is 0 Å². The lowest BCUT2D eigenvalue weighted by Crippen LogP contribution is -2.32. The topological polar surface area (TPSA) is 12.5 Å². The third-order valence-electron chi connectivity index (χ3n) is 11.5. The van der Waals surface area contributed by atoms with Crippen LogP contribution in [-0.2, 0) is 5.41 Å². The fourth-order valence-corrected chi connectivity index (χ4v) is 9.21. The van der Waals surface area contributed by atoms with E-state index in [9.17, 15) is 0 Å². The number of ether oxygens (including phenoxy) is 1. The van der Waals surface area contributed by atoms with Crippen LogP contribution in [-0.4, -0.2) is 0 Å². The second kappa shape index (κ2) is 12.5. The molecule has 1 heterocycles. The highest BCUT2D eigenvalue weighted by molar-refractivity contribution is 5.98. The Morgan fingerprint density at radius 3 is 1.85 bits per heavy atom. The van der Waals surface area contributed by atoms with Crippen LogP contribution in [0.5, 0.6) is 11.5 Å². The highest BCUT2D eigenvalue weighted by atomic mass is 16.5. The molecule has 0 saturated heterocycles. The van der Waals surface area contributed by atoms with Gasteiger partial charge in [-0.2, -0.15) is 0 Å². The van der Waals surface area contributed by atoms with E-state index in [0.717, 1.165) is 45.3 Å². The molecule has 0 saturated carbocycles. The van der Waals surface area contributed by atoms with Gasteiger partial charge in [-0.25, -0.2) is 0 Å². The summed E-state index contributed by atoms with van der Waals surface area (Å²) in [6, 6.07) is 76.8. The molecule has 0 aromatic heterocycles. The standard InChI is InChI=1S/C53H35NO/c1-3-16-37(17-4-1)43-23-10-13-28-50(43)54(39-20-5-2-6-21-39)40-31-32-45-44-24-9-11-26-46(44)53(49(45)35-40)47-27-12-14-29-51(47)55-52-34-38(30-33-48(52)53)42-25-15-19-36-18-7-8-22-41(36)42/h1-35H. The lowest BCUT2D eigenvalue weighted by Gasteiger charge is -2.40. The molecule has 1 atom stereocenters. The highest BCUT2D eigenvalue weighted by Crippen LogP contribution is 2.63. The summed E-state index contributed by atoms with van der Waals surface area (Å²) < 4.78 is 6.94. The van der Waals surface area contributed by atoms with Crippen molar-refractivity contribution in [1.82, 2.24) is 0 Å². The number of nitrogens with zero attached hydrogens (tertiary/aromatic N) is 1. The van der Waals surface area contributed by atoms with E-state index in [4.69, 9.17) is 4.74 Å². The van der Waals surface area contributed by atoms with Crippen molar-refractivity contribution in [3.05, 3.63) is 235 Å². The van der Waals surface area contributed by atoms with Gasteiger partial charge in [-0.05, 0) is 92.2 Å². The molecule has 9 aromatic rings. The maximum Gasteiger partial charge on any atom is 0.132 e. The van der Waals surface area contributed by atoms with Crippen molar-refractivity contribution in [2.45, 2.75) is 5.41 Å². The molecule has 1 spiro atoms. The molecule has 0 amide bonds. The predicted octanol–water partition coefficient (Wildman–Crippen LogP) is 14.1. The molecule has 2 heteroatoms. The van der Waals surface area contributed by atoms with Crippen LogP contribution in [0.15, 0.2) is 212 Å². The van der Waals surface area contributed by atoms with E-state index in [1.165, 1.54) is 49.7 Å². The fourth-order valence-electron chi connectivity index (χ4n) is 9.21. The van der Waals surface area contributed by atoms with E-state index in [-0.39, 0.29) is 0 Å². The first-order valence-electron chi connectivity index (χ1n) is 18.9. The van der Waals surface area contributed by atoms with Crippen molar-refractivity contribution in [1.29, 1.82) is 0 Å². The summed E-state index contributed by atoms with van der Waals surface area (Å²) in [5.74, 6) is 1.76. The monoisotopic (exact) mass is 701 g/mol. The Morgan fingerprint density at radius 1 is 0.345 bits per heavy atom.